The van der Waals surface area contributed by atoms with Gasteiger partial charge in [-0.3, -0.25) is 0 Å². The lowest BCUT2D eigenvalue weighted by molar-refractivity contribution is 0.275. The van der Waals surface area contributed by atoms with E-state index in [-0.39, 0.29) is 0 Å². The molecule has 0 aliphatic heterocycles. The van der Waals surface area contributed by atoms with Crippen LogP contribution in [-0.2, 0) is 13.6 Å². The summed E-state index contributed by atoms with van der Waals surface area (Å²) in [6.45, 7) is 4.54. The normalized spacial score (nSPS) is 22.8. The molecule has 0 unspecified atom stereocenters. The Labute approximate surface area is 128 Å². The summed E-state index contributed by atoms with van der Waals surface area (Å²) >= 11 is 0. The van der Waals surface area contributed by atoms with E-state index in [1.54, 1.807) is 0 Å². The molecular formula is C19H28N2. The van der Waals surface area contributed by atoms with Crippen LogP contribution in [0.25, 0.3) is 10.9 Å². The number of nitrogens with zero attached hydrogens (tertiary/aromatic N) is 1. The highest BCUT2D eigenvalue weighted by atomic mass is 14.9. The molecular weight excluding hydrogens is 256 g/mol. The molecule has 1 saturated carbocycles. The molecule has 2 heteroatoms. The van der Waals surface area contributed by atoms with E-state index in [1.807, 2.05) is 0 Å². The second kappa shape index (κ2) is 6.65. The highest BCUT2D eigenvalue weighted by Gasteiger charge is 2.17. The summed E-state index contributed by atoms with van der Waals surface area (Å²) in [6.07, 6.45) is 9.37. The van der Waals surface area contributed by atoms with Crippen molar-refractivity contribution in [3.8, 4) is 0 Å². The molecule has 0 saturated heterocycles. The predicted molar refractivity (Wildman–Crippen MR) is 90.4 cm³/mol. The summed E-state index contributed by atoms with van der Waals surface area (Å²) in [5.74, 6) is 1.92. The first-order chi connectivity index (χ1) is 10.2. The summed E-state index contributed by atoms with van der Waals surface area (Å²) in [6, 6.07) is 8.68. The number of aromatic nitrogens is 1. The van der Waals surface area contributed by atoms with E-state index in [4.69, 9.17) is 0 Å². The van der Waals surface area contributed by atoms with Crippen molar-refractivity contribution in [2.24, 2.45) is 18.9 Å². The van der Waals surface area contributed by atoms with E-state index < -0.39 is 0 Å². The number of aryl methyl sites for hydroxylation is 1. The average Bonchev–Trinajstić information content (AvgIpc) is 2.83. The molecule has 21 heavy (non-hydrogen) atoms. The van der Waals surface area contributed by atoms with Crippen LogP contribution in [0.5, 0.6) is 0 Å². The van der Waals surface area contributed by atoms with Crippen LogP contribution >= 0.6 is 0 Å². The van der Waals surface area contributed by atoms with Gasteiger partial charge in [0.05, 0.1) is 0 Å². The topological polar surface area (TPSA) is 17.0 Å². The molecule has 1 N–H and O–H groups in total. The molecule has 0 spiro atoms. The molecule has 2 nitrogen and oxygen atoms in total. The van der Waals surface area contributed by atoms with Gasteiger partial charge in [-0.15, -0.1) is 0 Å². The maximum absolute atomic E-state index is 3.65. The minimum Gasteiger partial charge on any atom is -0.350 e. The molecule has 0 atom stereocenters. The lowest BCUT2D eigenvalue weighted by atomic mass is 9.81. The third kappa shape index (κ3) is 3.49. The van der Waals surface area contributed by atoms with E-state index in [0.717, 1.165) is 24.9 Å². The van der Waals surface area contributed by atoms with E-state index >= 15 is 0 Å². The molecule has 2 aromatic rings. The Morgan fingerprint density at radius 3 is 2.71 bits per heavy atom. The maximum Gasteiger partial charge on any atom is 0.0481 e. The van der Waals surface area contributed by atoms with Crippen LogP contribution < -0.4 is 5.32 Å². The van der Waals surface area contributed by atoms with Gasteiger partial charge in [-0.05, 0) is 36.4 Å². The van der Waals surface area contributed by atoms with Crippen molar-refractivity contribution in [1.29, 1.82) is 0 Å². The van der Waals surface area contributed by atoms with Gasteiger partial charge in [-0.25, -0.2) is 0 Å². The van der Waals surface area contributed by atoms with Gasteiger partial charge in [0, 0.05) is 30.7 Å². The smallest absolute Gasteiger partial charge is 0.0481 e. The third-order valence-corrected chi connectivity index (χ3v) is 5.16. The van der Waals surface area contributed by atoms with Gasteiger partial charge in [0.15, 0.2) is 0 Å². The fraction of sp³-hybridized carbons (Fsp3) is 0.579. The van der Waals surface area contributed by atoms with Crippen LogP contribution in [0.1, 0.15) is 44.6 Å². The summed E-state index contributed by atoms with van der Waals surface area (Å²) < 4.78 is 2.23. The molecule has 0 amide bonds. The Morgan fingerprint density at radius 1 is 1.14 bits per heavy atom. The van der Waals surface area contributed by atoms with Crippen LogP contribution in [0.4, 0.5) is 0 Å². The van der Waals surface area contributed by atoms with Crippen LogP contribution in [0.2, 0.25) is 0 Å². The van der Waals surface area contributed by atoms with Crippen LogP contribution in [0.15, 0.2) is 30.5 Å². The predicted octanol–water partition coefficient (Wildman–Crippen LogP) is 4.48. The van der Waals surface area contributed by atoms with Crippen molar-refractivity contribution in [1.82, 2.24) is 9.88 Å². The zero-order chi connectivity index (χ0) is 14.7. The minimum absolute atomic E-state index is 0.959. The van der Waals surface area contributed by atoms with E-state index in [0.29, 0.717) is 0 Å². The zero-order valence-electron chi connectivity index (χ0n) is 13.4. The highest BCUT2D eigenvalue weighted by molar-refractivity contribution is 5.83. The second-order valence-corrected chi connectivity index (χ2v) is 6.87. The Balaban J connectivity index is 1.49. The van der Waals surface area contributed by atoms with Gasteiger partial charge in [0.25, 0.3) is 0 Å². The molecule has 114 valence electrons. The van der Waals surface area contributed by atoms with Gasteiger partial charge >= 0.3 is 0 Å². The molecule has 1 heterocycles. The molecule has 1 fully saturated rings. The van der Waals surface area contributed by atoms with Gasteiger partial charge in [-0.1, -0.05) is 50.8 Å². The summed E-state index contributed by atoms with van der Waals surface area (Å²) in [7, 11) is 2.13. The van der Waals surface area contributed by atoms with Crippen molar-refractivity contribution < 1.29 is 0 Å². The molecule has 1 aromatic carbocycles. The average molecular weight is 284 g/mol. The van der Waals surface area contributed by atoms with Crippen LogP contribution in [0, 0.1) is 11.8 Å². The molecule has 1 aliphatic rings. The monoisotopic (exact) mass is 284 g/mol. The molecule has 0 radical (unpaired) electrons. The maximum atomic E-state index is 3.65. The zero-order valence-corrected chi connectivity index (χ0v) is 13.4. The standard InChI is InChI=1S/C19H28N2/c1-15-7-9-16(10-8-15)11-12-20-13-17-14-21(2)19-6-4-3-5-18(17)19/h3-6,14-16,20H,7-13H2,1-2H3. The van der Waals surface area contributed by atoms with Gasteiger partial charge in [0.1, 0.15) is 0 Å². The van der Waals surface area contributed by atoms with Crippen molar-refractivity contribution >= 4 is 10.9 Å². The third-order valence-electron chi connectivity index (χ3n) is 5.16. The first-order valence-electron chi connectivity index (χ1n) is 8.47. The SMILES string of the molecule is CC1CCC(CCNCc2cn(C)c3ccccc23)CC1. The Bertz CT molecular complexity index is 576. The quantitative estimate of drug-likeness (QED) is 0.801. The van der Waals surface area contributed by atoms with Crippen molar-refractivity contribution in [3.63, 3.8) is 0 Å². The van der Waals surface area contributed by atoms with Crippen molar-refractivity contribution in [2.75, 3.05) is 6.54 Å². The fourth-order valence-electron chi connectivity index (χ4n) is 3.71. The van der Waals surface area contributed by atoms with Crippen LogP contribution in [-0.4, -0.2) is 11.1 Å². The number of benzene rings is 1. The summed E-state index contributed by atoms with van der Waals surface area (Å²) in [5, 5.41) is 5.04. The minimum atomic E-state index is 0.959. The highest BCUT2D eigenvalue weighted by Crippen LogP contribution is 2.30. The molecule has 1 aromatic heterocycles. The van der Waals surface area contributed by atoms with Gasteiger partial charge < -0.3 is 9.88 Å². The number of fused-ring (bicyclic) bond motifs is 1. The Hall–Kier alpha value is -1.28. The lowest BCUT2D eigenvalue weighted by Gasteiger charge is -2.26. The Morgan fingerprint density at radius 2 is 1.90 bits per heavy atom. The number of hydrogen-bond donors (Lipinski definition) is 1. The number of para-hydroxylation sites is 1. The largest absolute Gasteiger partial charge is 0.350 e. The number of nitrogens with one attached hydrogen (secondary N) is 1. The van der Waals surface area contributed by atoms with Gasteiger partial charge in [0.2, 0.25) is 0 Å². The number of rotatable bonds is 5. The van der Waals surface area contributed by atoms with E-state index in [9.17, 15) is 0 Å². The van der Waals surface area contributed by atoms with Gasteiger partial charge in [-0.2, -0.15) is 0 Å². The number of hydrogen-bond acceptors (Lipinski definition) is 1. The Kier molecular flexibility index (Phi) is 4.64. The summed E-state index contributed by atoms with van der Waals surface area (Å²) in [5.41, 5.74) is 2.75. The molecule has 1 aliphatic carbocycles. The van der Waals surface area contributed by atoms with Crippen molar-refractivity contribution in [2.45, 2.75) is 45.6 Å². The van der Waals surface area contributed by atoms with E-state index in [1.165, 1.54) is 48.6 Å². The fourth-order valence-corrected chi connectivity index (χ4v) is 3.71. The second-order valence-electron chi connectivity index (χ2n) is 6.87. The summed E-state index contributed by atoms with van der Waals surface area (Å²) in [4.78, 5) is 0. The first-order valence-corrected chi connectivity index (χ1v) is 8.47. The van der Waals surface area contributed by atoms with E-state index in [2.05, 4.69) is 54.3 Å². The lowest BCUT2D eigenvalue weighted by Crippen LogP contribution is -2.20. The first kappa shape index (κ1) is 14.6. The molecule has 0 bridgehead atoms. The molecule has 3 rings (SSSR count). The van der Waals surface area contributed by atoms with Crippen molar-refractivity contribution in [3.05, 3.63) is 36.0 Å². The van der Waals surface area contributed by atoms with Crippen LogP contribution in [0.3, 0.4) is 0 Å².